The quantitative estimate of drug-likeness (QED) is 0.191. The minimum atomic E-state index is -4.61. The molecule has 3 unspecified atom stereocenters. The molecule has 0 spiro atoms. The minimum absolute atomic E-state index is 0.0596. The molecule has 0 bridgehead atoms. The number of hydrogen-bond donors (Lipinski definition) is 0. The van der Waals surface area contributed by atoms with Crippen molar-refractivity contribution >= 4 is 65.2 Å². The predicted molar refractivity (Wildman–Crippen MR) is 159 cm³/mol. The smallest absolute Gasteiger partial charge is 0.369 e. The van der Waals surface area contributed by atoms with E-state index >= 15 is 0 Å². The maximum atomic E-state index is 14.1. The SMILES string of the molecule is O=S(c1ccc(Br)cc1)N(c1cc(C(F)(F)F)ccc1N1CC[C@@H]2CCCCC2C1)[SH+](=O)c1ccc(Br)cc1. The number of hydrogen-bond acceptors (Lipinski definition) is 3. The Hall–Kier alpha value is -1.69. The zero-order valence-electron chi connectivity index (χ0n) is 20.9. The Balaban J connectivity index is 1.64. The zero-order chi connectivity index (χ0) is 27.7. The molecule has 0 radical (unpaired) electrons. The highest BCUT2D eigenvalue weighted by molar-refractivity contribution is 9.10. The van der Waals surface area contributed by atoms with Crippen molar-refractivity contribution in [3.8, 4) is 0 Å². The Morgan fingerprint density at radius 1 is 0.872 bits per heavy atom. The van der Waals surface area contributed by atoms with Crippen LogP contribution >= 0.6 is 31.9 Å². The van der Waals surface area contributed by atoms with Crippen LogP contribution in [0.15, 0.2) is 85.5 Å². The van der Waals surface area contributed by atoms with Gasteiger partial charge in [-0.2, -0.15) is 13.2 Å². The summed E-state index contributed by atoms with van der Waals surface area (Å²) in [4.78, 5) is 2.81. The number of anilines is 2. The average Bonchev–Trinajstić information content (AvgIpc) is 2.93. The molecule has 1 aliphatic carbocycles. The molecular weight excluding hydrogens is 677 g/mol. The number of thiol groups is 1. The molecule has 0 amide bonds. The van der Waals surface area contributed by atoms with Gasteiger partial charge in [-0.15, -0.1) is 0 Å². The van der Waals surface area contributed by atoms with Gasteiger partial charge in [-0.05, 0) is 91.4 Å². The minimum Gasteiger partial charge on any atom is -0.369 e. The normalized spacial score (nSPS) is 21.2. The van der Waals surface area contributed by atoms with Crippen molar-refractivity contribution in [2.75, 3.05) is 21.7 Å². The predicted octanol–water partition coefficient (Wildman–Crippen LogP) is 8.45. The first kappa shape index (κ1) is 28.8. The summed E-state index contributed by atoms with van der Waals surface area (Å²) in [5, 5.41) is 0. The molecule has 0 N–H and O–H groups in total. The highest BCUT2D eigenvalue weighted by Gasteiger charge is 2.39. The number of rotatable bonds is 6. The van der Waals surface area contributed by atoms with E-state index in [9.17, 15) is 21.6 Å². The lowest BCUT2D eigenvalue weighted by molar-refractivity contribution is -0.137. The van der Waals surface area contributed by atoms with Gasteiger partial charge in [-0.1, -0.05) is 59.0 Å². The number of halogens is 5. The average molecular weight is 705 g/mol. The molecule has 3 aromatic carbocycles. The van der Waals surface area contributed by atoms with Gasteiger partial charge in [-0.25, -0.2) is 4.21 Å². The maximum absolute atomic E-state index is 14.1. The van der Waals surface area contributed by atoms with E-state index in [2.05, 4.69) is 36.8 Å². The van der Waals surface area contributed by atoms with Crippen LogP contribution in [0.4, 0.5) is 24.5 Å². The van der Waals surface area contributed by atoms with Crippen molar-refractivity contribution < 1.29 is 21.6 Å². The van der Waals surface area contributed by atoms with E-state index < -0.39 is 33.7 Å². The molecule has 2 aliphatic rings. The van der Waals surface area contributed by atoms with Crippen LogP contribution in [0.1, 0.15) is 37.7 Å². The zero-order valence-corrected chi connectivity index (χ0v) is 25.8. The van der Waals surface area contributed by atoms with Crippen molar-refractivity contribution in [2.24, 2.45) is 11.8 Å². The van der Waals surface area contributed by atoms with E-state index in [1.165, 1.54) is 22.6 Å². The van der Waals surface area contributed by atoms with Crippen molar-refractivity contribution in [3.63, 3.8) is 0 Å². The second-order valence-corrected chi connectivity index (χ2v) is 14.9. The van der Waals surface area contributed by atoms with E-state index in [4.69, 9.17) is 0 Å². The van der Waals surface area contributed by atoms with E-state index in [1.807, 2.05) is 0 Å². The fourth-order valence-corrected chi connectivity index (χ4v) is 9.02. The van der Waals surface area contributed by atoms with Crippen LogP contribution in [0.5, 0.6) is 0 Å². The second-order valence-electron chi connectivity index (χ2n) is 9.97. The van der Waals surface area contributed by atoms with Crippen LogP contribution in [0.3, 0.4) is 0 Å². The summed E-state index contributed by atoms with van der Waals surface area (Å²) in [6.45, 7) is 1.41. The van der Waals surface area contributed by atoms with E-state index in [0.29, 0.717) is 33.9 Å². The Morgan fingerprint density at radius 2 is 1.49 bits per heavy atom. The third-order valence-corrected chi connectivity index (χ3v) is 11.9. The molecule has 1 saturated heterocycles. The summed E-state index contributed by atoms with van der Waals surface area (Å²) in [6, 6.07) is 16.9. The molecule has 1 saturated carbocycles. The molecule has 5 rings (SSSR count). The fourth-order valence-electron chi connectivity index (χ4n) is 5.52. The molecule has 1 heterocycles. The molecular formula is C28H28Br2F3N2O2S2+. The molecule has 4 nitrogen and oxygen atoms in total. The van der Waals surface area contributed by atoms with Crippen molar-refractivity contribution in [1.82, 2.24) is 0 Å². The summed E-state index contributed by atoms with van der Waals surface area (Å²) in [5.41, 5.74) is -0.284. The van der Waals surface area contributed by atoms with Gasteiger partial charge >= 0.3 is 6.18 Å². The first-order valence-corrected chi connectivity index (χ1v) is 16.7. The molecule has 39 heavy (non-hydrogen) atoms. The van der Waals surface area contributed by atoms with Crippen LogP contribution in [-0.4, -0.2) is 17.3 Å². The van der Waals surface area contributed by atoms with Gasteiger partial charge < -0.3 is 4.90 Å². The molecule has 11 heteroatoms. The molecule has 1 aliphatic heterocycles. The second kappa shape index (κ2) is 12.0. The summed E-state index contributed by atoms with van der Waals surface area (Å²) >= 11 is 6.73. The monoisotopic (exact) mass is 703 g/mol. The largest absolute Gasteiger partial charge is 0.416 e. The summed E-state index contributed by atoms with van der Waals surface area (Å²) < 4.78 is 72.8. The number of piperidine rings is 1. The van der Waals surface area contributed by atoms with Crippen molar-refractivity contribution in [3.05, 3.63) is 81.2 Å². The Kier molecular flexibility index (Phi) is 8.90. The third kappa shape index (κ3) is 6.47. The van der Waals surface area contributed by atoms with Crippen molar-refractivity contribution in [1.29, 1.82) is 0 Å². The van der Waals surface area contributed by atoms with Gasteiger partial charge in [0.05, 0.1) is 16.1 Å². The van der Waals surface area contributed by atoms with Gasteiger partial charge in [0.25, 0.3) is 0 Å². The van der Waals surface area contributed by atoms with Crippen LogP contribution in [0.25, 0.3) is 0 Å². The standard InChI is InChI=1S/C28H27Br2F3N2O2S2/c29-22-6-10-24(11-7-22)38(36)35(39(37)25-12-8-23(30)9-13-25)27-17-21(28(31,32)33)5-14-26(27)34-16-15-19-3-1-2-4-20(19)18-34/h5-14,17,19-20H,1-4,15-16,18H2/p+1/t19-,20?,38?,39?/m0/s1. The Morgan fingerprint density at radius 3 is 2.13 bits per heavy atom. The van der Waals surface area contributed by atoms with Crippen LogP contribution < -0.4 is 8.61 Å². The Labute approximate surface area is 248 Å². The van der Waals surface area contributed by atoms with Gasteiger partial charge in [0, 0.05) is 22.0 Å². The number of alkyl halides is 3. The molecule has 4 atom stereocenters. The van der Waals surface area contributed by atoms with E-state index in [-0.39, 0.29) is 5.69 Å². The topological polar surface area (TPSA) is 40.6 Å². The Bertz CT molecular complexity index is 1310. The van der Waals surface area contributed by atoms with Gasteiger partial charge in [0.1, 0.15) is 5.69 Å². The third-order valence-electron chi connectivity index (χ3n) is 7.53. The summed E-state index contributed by atoms with van der Waals surface area (Å²) in [5.74, 6) is 1.09. The van der Waals surface area contributed by atoms with Crippen LogP contribution in [-0.2, 0) is 32.4 Å². The van der Waals surface area contributed by atoms with Gasteiger partial charge in [0.15, 0.2) is 15.9 Å². The van der Waals surface area contributed by atoms with Gasteiger partial charge in [-0.3, -0.25) is 0 Å². The van der Waals surface area contributed by atoms with E-state index in [1.54, 1.807) is 48.5 Å². The summed E-state index contributed by atoms with van der Waals surface area (Å²) in [6.07, 6.45) is 1.01. The summed E-state index contributed by atoms with van der Waals surface area (Å²) in [7, 11) is -4.59. The van der Waals surface area contributed by atoms with Gasteiger partial charge in [0.2, 0.25) is 11.0 Å². The molecule has 2 fully saturated rings. The maximum Gasteiger partial charge on any atom is 0.416 e. The van der Waals surface area contributed by atoms with Crippen LogP contribution in [0, 0.1) is 11.8 Å². The van der Waals surface area contributed by atoms with Crippen LogP contribution in [0.2, 0.25) is 0 Å². The highest BCUT2D eigenvalue weighted by Crippen LogP contribution is 2.43. The first-order chi connectivity index (χ1) is 18.6. The number of benzene rings is 3. The van der Waals surface area contributed by atoms with Crippen molar-refractivity contribution in [2.45, 2.75) is 48.1 Å². The lowest BCUT2D eigenvalue weighted by Crippen LogP contribution is -2.42. The molecule has 0 aromatic heterocycles. The highest BCUT2D eigenvalue weighted by atomic mass is 79.9. The van der Waals surface area contributed by atoms with E-state index in [0.717, 1.165) is 46.9 Å². The molecule has 3 aromatic rings. The lowest BCUT2D eigenvalue weighted by atomic mass is 9.75. The number of nitrogens with zero attached hydrogens (tertiary/aromatic N) is 2. The molecule has 208 valence electrons. The number of fused-ring (bicyclic) bond motifs is 1. The first-order valence-electron chi connectivity index (χ1n) is 12.8. The lowest BCUT2D eigenvalue weighted by Gasteiger charge is -2.43. The fraction of sp³-hybridized carbons (Fsp3) is 0.357.